The maximum absolute atomic E-state index is 12.1. The average Bonchev–Trinajstić information content (AvgIpc) is 2.46. The van der Waals surface area contributed by atoms with E-state index in [1.807, 2.05) is 0 Å². The van der Waals surface area contributed by atoms with Gasteiger partial charge >= 0.3 is 5.97 Å². The van der Waals surface area contributed by atoms with Crippen LogP contribution < -0.4 is 0 Å². The smallest absolute Gasteiger partial charge is 0.309 e. The van der Waals surface area contributed by atoms with Crippen LogP contribution in [0.1, 0.15) is 58.8 Å². The maximum Gasteiger partial charge on any atom is 0.309 e. The van der Waals surface area contributed by atoms with Gasteiger partial charge < -0.3 is 14.9 Å². The quantitative estimate of drug-likeness (QED) is 0.698. The van der Waals surface area contributed by atoms with E-state index >= 15 is 0 Å². The molecule has 4 nitrogen and oxygen atoms in total. The third-order valence-electron chi connectivity index (χ3n) is 4.15. The van der Waals surface area contributed by atoms with Gasteiger partial charge in [-0.1, -0.05) is 39.5 Å². The first-order valence-electron chi connectivity index (χ1n) is 7.57. The summed E-state index contributed by atoms with van der Waals surface area (Å²) in [4.78, 5) is 12.1. The molecule has 1 aliphatic rings. The van der Waals surface area contributed by atoms with Gasteiger partial charge in [0.15, 0.2) is 0 Å². The molecule has 3 unspecified atom stereocenters. The van der Waals surface area contributed by atoms with Crippen LogP contribution in [0.25, 0.3) is 0 Å². The van der Waals surface area contributed by atoms with Gasteiger partial charge in [0, 0.05) is 0 Å². The van der Waals surface area contributed by atoms with E-state index in [0.29, 0.717) is 12.3 Å². The zero-order valence-electron chi connectivity index (χ0n) is 12.2. The molecule has 1 saturated carbocycles. The molecular weight excluding hydrogens is 244 g/mol. The van der Waals surface area contributed by atoms with Gasteiger partial charge in [-0.25, -0.2) is 0 Å². The molecule has 0 radical (unpaired) electrons. The number of rotatable bonds is 7. The first kappa shape index (κ1) is 16.4. The predicted molar refractivity (Wildman–Crippen MR) is 73.6 cm³/mol. The Morgan fingerprint density at radius 1 is 1.32 bits per heavy atom. The number of aliphatic hydroxyl groups is 2. The van der Waals surface area contributed by atoms with Crippen LogP contribution in [-0.4, -0.2) is 35.0 Å². The summed E-state index contributed by atoms with van der Waals surface area (Å²) in [5, 5.41) is 18.9. The van der Waals surface area contributed by atoms with E-state index in [1.54, 1.807) is 0 Å². The molecule has 112 valence electrons. The van der Waals surface area contributed by atoms with Gasteiger partial charge in [-0.3, -0.25) is 4.79 Å². The topological polar surface area (TPSA) is 66.8 Å². The normalized spacial score (nSPS) is 21.7. The van der Waals surface area contributed by atoms with E-state index in [-0.39, 0.29) is 18.5 Å². The highest BCUT2D eigenvalue weighted by atomic mass is 16.6. The third kappa shape index (κ3) is 5.49. The lowest BCUT2D eigenvalue weighted by atomic mass is 9.89. The molecule has 0 aromatic rings. The Kier molecular flexibility index (Phi) is 7.39. The largest absolute Gasteiger partial charge is 0.459 e. The number of ether oxygens (including phenoxy) is 1. The summed E-state index contributed by atoms with van der Waals surface area (Å²) in [6.07, 6.45) is 5.17. The van der Waals surface area contributed by atoms with Crippen LogP contribution in [-0.2, 0) is 9.53 Å². The molecule has 0 bridgehead atoms. The SMILES string of the molecule is CCC(C)CC(OC(=O)C1CCCCC1)C(O)CO. The fourth-order valence-electron chi connectivity index (χ4n) is 2.55. The lowest BCUT2D eigenvalue weighted by Crippen LogP contribution is -2.37. The van der Waals surface area contributed by atoms with Crippen molar-refractivity contribution in [2.24, 2.45) is 11.8 Å². The van der Waals surface area contributed by atoms with Gasteiger partial charge in [0.25, 0.3) is 0 Å². The van der Waals surface area contributed by atoms with E-state index in [0.717, 1.165) is 32.1 Å². The summed E-state index contributed by atoms with van der Waals surface area (Å²) in [6.45, 7) is 3.76. The van der Waals surface area contributed by atoms with Crippen molar-refractivity contribution in [2.45, 2.75) is 71.0 Å². The Morgan fingerprint density at radius 2 is 1.95 bits per heavy atom. The van der Waals surface area contributed by atoms with E-state index in [2.05, 4.69) is 13.8 Å². The van der Waals surface area contributed by atoms with Crippen molar-refractivity contribution in [1.29, 1.82) is 0 Å². The molecule has 2 N–H and O–H groups in total. The molecule has 4 heteroatoms. The van der Waals surface area contributed by atoms with Crippen molar-refractivity contribution in [3.05, 3.63) is 0 Å². The van der Waals surface area contributed by atoms with Crippen LogP contribution in [0.15, 0.2) is 0 Å². The highest BCUT2D eigenvalue weighted by Gasteiger charge is 2.29. The minimum Gasteiger partial charge on any atom is -0.459 e. The lowest BCUT2D eigenvalue weighted by Gasteiger charge is -2.27. The minimum absolute atomic E-state index is 0.0147. The molecule has 19 heavy (non-hydrogen) atoms. The molecule has 0 amide bonds. The number of aliphatic hydroxyl groups excluding tert-OH is 2. The second-order valence-corrected chi connectivity index (χ2v) is 5.81. The number of hydrogen-bond donors (Lipinski definition) is 2. The zero-order chi connectivity index (χ0) is 14.3. The van der Waals surface area contributed by atoms with E-state index in [9.17, 15) is 9.90 Å². The van der Waals surface area contributed by atoms with Gasteiger partial charge in [-0.2, -0.15) is 0 Å². The first-order valence-corrected chi connectivity index (χ1v) is 7.57. The summed E-state index contributed by atoms with van der Waals surface area (Å²) >= 11 is 0. The molecule has 0 spiro atoms. The molecule has 3 atom stereocenters. The van der Waals surface area contributed by atoms with Crippen molar-refractivity contribution in [2.75, 3.05) is 6.61 Å². The fraction of sp³-hybridized carbons (Fsp3) is 0.933. The number of esters is 1. The van der Waals surface area contributed by atoms with Crippen molar-refractivity contribution in [3.8, 4) is 0 Å². The van der Waals surface area contributed by atoms with E-state index in [1.165, 1.54) is 6.42 Å². The van der Waals surface area contributed by atoms with Crippen LogP contribution in [0.5, 0.6) is 0 Å². The molecule has 0 heterocycles. The summed E-state index contributed by atoms with van der Waals surface area (Å²) in [7, 11) is 0. The van der Waals surface area contributed by atoms with Gasteiger partial charge in [0.1, 0.15) is 12.2 Å². The number of hydrogen-bond acceptors (Lipinski definition) is 4. The maximum atomic E-state index is 12.1. The van der Waals surface area contributed by atoms with E-state index < -0.39 is 12.2 Å². The lowest BCUT2D eigenvalue weighted by molar-refractivity contribution is -0.164. The molecule has 1 fully saturated rings. The standard InChI is InChI=1S/C15H28O4/c1-3-11(2)9-14(13(17)10-16)19-15(18)12-7-5-4-6-8-12/h11-14,16-17H,3-10H2,1-2H3. The molecule has 0 aromatic heterocycles. The average molecular weight is 272 g/mol. The number of carbonyl (C=O) groups excluding carboxylic acids is 1. The first-order chi connectivity index (χ1) is 9.08. The summed E-state index contributed by atoms with van der Waals surface area (Å²) in [5.74, 6) is 0.157. The monoisotopic (exact) mass is 272 g/mol. The van der Waals surface area contributed by atoms with Crippen LogP contribution in [0.2, 0.25) is 0 Å². The molecule has 1 aliphatic carbocycles. The molecule has 0 aromatic carbocycles. The Bertz CT molecular complexity index is 261. The summed E-state index contributed by atoms with van der Waals surface area (Å²) in [5.41, 5.74) is 0. The minimum atomic E-state index is -0.971. The van der Waals surface area contributed by atoms with Crippen LogP contribution in [0, 0.1) is 11.8 Å². The van der Waals surface area contributed by atoms with E-state index in [4.69, 9.17) is 9.84 Å². The second kappa shape index (κ2) is 8.54. The van der Waals surface area contributed by atoms with Crippen molar-refractivity contribution in [1.82, 2.24) is 0 Å². The Labute approximate surface area is 116 Å². The van der Waals surface area contributed by atoms with Gasteiger partial charge in [-0.15, -0.1) is 0 Å². The van der Waals surface area contributed by atoms with Gasteiger partial charge in [0.2, 0.25) is 0 Å². The second-order valence-electron chi connectivity index (χ2n) is 5.81. The molecule has 1 rings (SSSR count). The van der Waals surface area contributed by atoms with Crippen molar-refractivity contribution < 1.29 is 19.7 Å². The molecule has 0 aliphatic heterocycles. The third-order valence-corrected chi connectivity index (χ3v) is 4.15. The van der Waals surface area contributed by atoms with Crippen molar-refractivity contribution >= 4 is 5.97 Å². The Balaban J connectivity index is 2.52. The van der Waals surface area contributed by atoms with Gasteiger partial charge in [-0.05, 0) is 25.2 Å². The van der Waals surface area contributed by atoms with Crippen LogP contribution in [0.3, 0.4) is 0 Å². The predicted octanol–water partition coefficient (Wildman–Crippen LogP) is 2.27. The van der Waals surface area contributed by atoms with Gasteiger partial charge in [0.05, 0.1) is 12.5 Å². The molecule has 0 saturated heterocycles. The number of carbonyl (C=O) groups is 1. The summed E-state index contributed by atoms with van der Waals surface area (Å²) in [6, 6.07) is 0. The Morgan fingerprint density at radius 3 is 2.47 bits per heavy atom. The van der Waals surface area contributed by atoms with Crippen LogP contribution in [0.4, 0.5) is 0 Å². The van der Waals surface area contributed by atoms with Crippen molar-refractivity contribution in [3.63, 3.8) is 0 Å². The highest BCUT2D eigenvalue weighted by Crippen LogP contribution is 2.26. The highest BCUT2D eigenvalue weighted by molar-refractivity contribution is 5.72. The summed E-state index contributed by atoms with van der Waals surface area (Å²) < 4.78 is 5.47. The molecular formula is C15H28O4. The fourth-order valence-corrected chi connectivity index (χ4v) is 2.55. The zero-order valence-corrected chi connectivity index (χ0v) is 12.2. The Hall–Kier alpha value is -0.610. The van der Waals surface area contributed by atoms with Crippen LogP contribution >= 0.6 is 0 Å².